The maximum atomic E-state index is 11.4. The van der Waals surface area contributed by atoms with Crippen LogP contribution in [0.1, 0.15) is 26.2 Å². The summed E-state index contributed by atoms with van der Waals surface area (Å²) in [5.74, 6) is 0.261. The Morgan fingerprint density at radius 2 is 1.76 bits per heavy atom. The SMILES string of the molecule is CCN1CCC(CCNC(=O)CNC(=O)CN)CC1.Cl.Cl. The topological polar surface area (TPSA) is 87.5 Å². The Bertz CT molecular complexity index is 298. The fourth-order valence-corrected chi connectivity index (χ4v) is 2.32. The lowest BCUT2D eigenvalue weighted by Gasteiger charge is -2.31. The maximum Gasteiger partial charge on any atom is 0.239 e. The molecule has 1 rings (SSSR count). The van der Waals surface area contributed by atoms with Gasteiger partial charge < -0.3 is 21.3 Å². The number of carbonyl (C=O) groups is 2. The molecule has 6 nitrogen and oxygen atoms in total. The van der Waals surface area contributed by atoms with Crippen LogP contribution in [0.2, 0.25) is 0 Å². The lowest BCUT2D eigenvalue weighted by molar-refractivity contribution is -0.125. The van der Waals surface area contributed by atoms with Crippen molar-refractivity contribution >= 4 is 36.6 Å². The zero-order valence-electron chi connectivity index (χ0n) is 12.6. The summed E-state index contributed by atoms with van der Waals surface area (Å²) in [5, 5.41) is 5.28. The summed E-state index contributed by atoms with van der Waals surface area (Å²) >= 11 is 0. The Kier molecular flexibility index (Phi) is 14.2. The lowest BCUT2D eigenvalue weighted by Crippen LogP contribution is -2.40. The molecule has 8 heteroatoms. The minimum absolute atomic E-state index is 0. The van der Waals surface area contributed by atoms with E-state index in [9.17, 15) is 9.59 Å². The molecule has 0 radical (unpaired) electrons. The number of nitrogens with two attached hydrogens (primary N) is 1. The Morgan fingerprint density at radius 1 is 1.14 bits per heavy atom. The van der Waals surface area contributed by atoms with E-state index in [2.05, 4.69) is 22.5 Å². The van der Waals surface area contributed by atoms with Gasteiger partial charge in [-0.15, -0.1) is 24.8 Å². The van der Waals surface area contributed by atoms with E-state index in [-0.39, 0.29) is 49.7 Å². The number of carbonyl (C=O) groups excluding carboxylic acids is 2. The average Bonchev–Trinajstić information content (AvgIpc) is 2.45. The normalized spacial score (nSPS) is 15.5. The molecule has 0 aromatic rings. The van der Waals surface area contributed by atoms with Gasteiger partial charge in [0.2, 0.25) is 11.8 Å². The van der Waals surface area contributed by atoms with Crippen LogP contribution >= 0.6 is 24.8 Å². The van der Waals surface area contributed by atoms with Gasteiger partial charge in [-0.25, -0.2) is 0 Å². The third-order valence-corrected chi connectivity index (χ3v) is 3.66. The van der Waals surface area contributed by atoms with E-state index in [1.165, 1.54) is 25.9 Å². The summed E-state index contributed by atoms with van der Waals surface area (Å²) in [6.07, 6.45) is 3.45. The van der Waals surface area contributed by atoms with Crippen molar-refractivity contribution in [3.63, 3.8) is 0 Å². The maximum absolute atomic E-state index is 11.4. The van der Waals surface area contributed by atoms with Crippen molar-refractivity contribution in [2.45, 2.75) is 26.2 Å². The molecule has 0 unspecified atom stereocenters. The third-order valence-electron chi connectivity index (χ3n) is 3.66. The molecule has 0 aliphatic carbocycles. The van der Waals surface area contributed by atoms with Crippen LogP contribution in [0.3, 0.4) is 0 Å². The van der Waals surface area contributed by atoms with Gasteiger partial charge in [-0.3, -0.25) is 9.59 Å². The van der Waals surface area contributed by atoms with Crippen molar-refractivity contribution in [1.29, 1.82) is 0 Å². The second kappa shape index (κ2) is 13.1. The Morgan fingerprint density at radius 3 is 2.29 bits per heavy atom. The van der Waals surface area contributed by atoms with Crippen LogP contribution in [-0.2, 0) is 9.59 Å². The first-order valence-electron chi connectivity index (χ1n) is 7.11. The molecule has 0 bridgehead atoms. The van der Waals surface area contributed by atoms with Crippen molar-refractivity contribution in [2.75, 3.05) is 39.3 Å². The second-order valence-electron chi connectivity index (χ2n) is 5.00. The zero-order valence-corrected chi connectivity index (χ0v) is 14.2. The average molecular weight is 343 g/mol. The van der Waals surface area contributed by atoms with E-state index < -0.39 is 0 Å². The van der Waals surface area contributed by atoms with Gasteiger partial charge in [0.05, 0.1) is 13.1 Å². The highest BCUT2D eigenvalue weighted by molar-refractivity contribution is 5.86. The summed E-state index contributed by atoms with van der Waals surface area (Å²) < 4.78 is 0. The molecule has 2 amide bonds. The van der Waals surface area contributed by atoms with Crippen LogP contribution < -0.4 is 16.4 Å². The molecule has 1 fully saturated rings. The van der Waals surface area contributed by atoms with Gasteiger partial charge in [-0.05, 0) is 44.8 Å². The minimum atomic E-state index is -0.304. The summed E-state index contributed by atoms with van der Waals surface area (Å²) in [6.45, 7) is 6.28. The monoisotopic (exact) mass is 342 g/mol. The minimum Gasteiger partial charge on any atom is -0.355 e. The lowest BCUT2D eigenvalue weighted by atomic mass is 9.93. The molecule has 21 heavy (non-hydrogen) atoms. The fraction of sp³-hybridized carbons (Fsp3) is 0.846. The number of hydrogen-bond acceptors (Lipinski definition) is 4. The third kappa shape index (κ3) is 9.90. The number of halogens is 2. The number of amides is 2. The van der Waals surface area contributed by atoms with Crippen LogP contribution in [0.4, 0.5) is 0 Å². The van der Waals surface area contributed by atoms with Gasteiger partial charge in [-0.2, -0.15) is 0 Å². The number of hydrogen-bond donors (Lipinski definition) is 3. The fourth-order valence-electron chi connectivity index (χ4n) is 2.32. The molecule has 0 aromatic carbocycles. The van der Waals surface area contributed by atoms with E-state index in [0.29, 0.717) is 12.5 Å². The van der Waals surface area contributed by atoms with E-state index in [1.54, 1.807) is 0 Å². The van der Waals surface area contributed by atoms with E-state index >= 15 is 0 Å². The van der Waals surface area contributed by atoms with Crippen LogP contribution in [0.25, 0.3) is 0 Å². The standard InChI is InChI=1S/C13H26N4O2.2ClH/c1-2-17-7-4-11(5-8-17)3-6-15-13(19)10-16-12(18)9-14;;/h11H,2-10,14H2,1H3,(H,15,19)(H,16,18);2*1H. The van der Waals surface area contributed by atoms with Gasteiger partial charge in [0.1, 0.15) is 0 Å². The van der Waals surface area contributed by atoms with E-state index in [4.69, 9.17) is 5.73 Å². The van der Waals surface area contributed by atoms with Crippen molar-refractivity contribution in [2.24, 2.45) is 11.7 Å². The molecular formula is C13H28Cl2N4O2. The van der Waals surface area contributed by atoms with Crippen molar-refractivity contribution in [1.82, 2.24) is 15.5 Å². The largest absolute Gasteiger partial charge is 0.355 e. The Labute approximate surface area is 139 Å². The highest BCUT2D eigenvalue weighted by Crippen LogP contribution is 2.19. The van der Waals surface area contributed by atoms with E-state index in [1.807, 2.05) is 0 Å². The van der Waals surface area contributed by atoms with Gasteiger partial charge in [0, 0.05) is 6.54 Å². The van der Waals surface area contributed by atoms with Crippen LogP contribution in [0.15, 0.2) is 0 Å². The molecule has 1 heterocycles. The zero-order chi connectivity index (χ0) is 14.1. The molecule has 1 aliphatic heterocycles. The molecule has 4 N–H and O–H groups in total. The summed E-state index contributed by atoms with van der Waals surface area (Å²) in [4.78, 5) is 24.8. The highest BCUT2D eigenvalue weighted by Gasteiger charge is 2.17. The second-order valence-corrected chi connectivity index (χ2v) is 5.00. The predicted molar refractivity (Wildman–Crippen MR) is 89.0 cm³/mol. The number of piperidine rings is 1. The van der Waals surface area contributed by atoms with Gasteiger partial charge in [0.15, 0.2) is 0 Å². The molecular weight excluding hydrogens is 315 g/mol. The highest BCUT2D eigenvalue weighted by atomic mass is 35.5. The Hall–Kier alpha value is -0.560. The molecule has 0 atom stereocenters. The number of nitrogens with zero attached hydrogens (tertiary/aromatic N) is 1. The summed E-state index contributed by atoms with van der Waals surface area (Å²) in [7, 11) is 0. The Balaban J connectivity index is 0. The quantitative estimate of drug-likeness (QED) is 0.614. The number of rotatable bonds is 7. The molecule has 1 saturated heterocycles. The molecule has 126 valence electrons. The summed E-state index contributed by atoms with van der Waals surface area (Å²) in [5.41, 5.74) is 5.13. The van der Waals surface area contributed by atoms with Gasteiger partial charge >= 0.3 is 0 Å². The summed E-state index contributed by atoms with van der Waals surface area (Å²) in [6, 6.07) is 0. The first kappa shape index (κ1) is 22.7. The molecule has 0 aromatic heterocycles. The smallest absolute Gasteiger partial charge is 0.239 e. The van der Waals surface area contributed by atoms with Gasteiger partial charge in [-0.1, -0.05) is 6.92 Å². The van der Waals surface area contributed by atoms with Crippen molar-refractivity contribution < 1.29 is 9.59 Å². The van der Waals surface area contributed by atoms with Crippen LogP contribution in [-0.4, -0.2) is 56.0 Å². The van der Waals surface area contributed by atoms with Crippen LogP contribution in [0.5, 0.6) is 0 Å². The first-order valence-corrected chi connectivity index (χ1v) is 7.11. The van der Waals surface area contributed by atoms with Crippen LogP contribution in [0, 0.1) is 5.92 Å². The van der Waals surface area contributed by atoms with E-state index in [0.717, 1.165) is 13.0 Å². The van der Waals surface area contributed by atoms with Crippen molar-refractivity contribution in [3.8, 4) is 0 Å². The number of likely N-dealkylation sites (tertiary alicyclic amines) is 1. The first-order chi connectivity index (χ1) is 9.15. The molecule has 1 aliphatic rings. The predicted octanol–water partition coefficient (Wildman–Crippen LogP) is 0.143. The van der Waals surface area contributed by atoms with Crippen molar-refractivity contribution in [3.05, 3.63) is 0 Å². The molecule has 0 spiro atoms. The number of nitrogens with one attached hydrogen (secondary N) is 2. The van der Waals surface area contributed by atoms with Gasteiger partial charge in [0.25, 0.3) is 0 Å². The molecule has 0 saturated carbocycles.